The molecule has 3 nitrogen and oxygen atoms in total. The lowest BCUT2D eigenvalue weighted by Gasteiger charge is -2.51. The van der Waals surface area contributed by atoms with Gasteiger partial charge in [-0.25, -0.2) is 0 Å². The third kappa shape index (κ3) is 3.21. The highest BCUT2D eigenvalue weighted by atomic mass is 16.5. The maximum Gasteiger partial charge on any atom is 0.258 e. The molecule has 0 aliphatic carbocycles. The highest BCUT2D eigenvalue weighted by Gasteiger charge is 2.47. The van der Waals surface area contributed by atoms with Crippen molar-refractivity contribution in [1.82, 2.24) is 0 Å². The molecule has 1 heterocycles. The van der Waals surface area contributed by atoms with Gasteiger partial charge in [-0.1, -0.05) is 55.5 Å². The molecule has 3 aromatic rings. The first-order valence-electron chi connectivity index (χ1n) is 10.0. The highest BCUT2D eigenvalue weighted by molar-refractivity contribution is 6.08. The molecule has 0 spiro atoms. The van der Waals surface area contributed by atoms with E-state index in [9.17, 15) is 4.79 Å². The molecule has 0 radical (unpaired) electrons. The number of rotatable bonds is 3. The standard InChI is InChI=1S/C26H27NO2/c1-25(2)18-26(3,20-10-6-5-7-11-20)22-12-8-9-13-23(22)27(25)24(28)19-14-16-21(29-4)17-15-19/h5-17H,18H2,1-4H3/t26-/m1/s1. The summed E-state index contributed by atoms with van der Waals surface area (Å²) in [6.07, 6.45) is 0.836. The number of fused-ring (bicyclic) bond motifs is 1. The molecule has 148 valence electrons. The van der Waals surface area contributed by atoms with Gasteiger partial charge in [-0.15, -0.1) is 0 Å². The second-order valence-corrected chi connectivity index (χ2v) is 8.57. The molecule has 29 heavy (non-hydrogen) atoms. The molecular formula is C26H27NO2. The maximum absolute atomic E-state index is 13.6. The highest BCUT2D eigenvalue weighted by Crippen LogP contribution is 2.50. The topological polar surface area (TPSA) is 29.5 Å². The molecule has 4 rings (SSSR count). The number of para-hydroxylation sites is 1. The summed E-state index contributed by atoms with van der Waals surface area (Å²) in [5.41, 5.74) is 3.59. The molecule has 0 aromatic heterocycles. The first-order valence-corrected chi connectivity index (χ1v) is 10.0. The maximum atomic E-state index is 13.6. The summed E-state index contributed by atoms with van der Waals surface area (Å²) < 4.78 is 5.24. The van der Waals surface area contributed by atoms with E-state index in [1.807, 2.05) is 41.3 Å². The fourth-order valence-electron chi connectivity index (χ4n) is 4.81. The number of anilines is 1. The van der Waals surface area contributed by atoms with Crippen LogP contribution in [0.4, 0.5) is 5.69 Å². The van der Waals surface area contributed by atoms with Gasteiger partial charge in [0.05, 0.1) is 7.11 Å². The van der Waals surface area contributed by atoms with Crippen LogP contribution >= 0.6 is 0 Å². The van der Waals surface area contributed by atoms with E-state index in [4.69, 9.17) is 4.74 Å². The summed E-state index contributed by atoms with van der Waals surface area (Å²) in [4.78, 5) is 15.6. The van der Waals surface area contributed by atoms with Gasteiger partial charge in [0.2, 0.25) is 0 Å². The predicted octanol–water partition coefficient (Wildman–Crippen LogP) is 5.83. The molecule has 1 amide bonds. The van der Waals surface area contributed by atoms with Crippen molar-refractivity contribution in [3.63, 3.8) is 0 Å². The van der Waals surface area contributed by atoms with Crippen molar-refractivity contribution >= 4 is 11.6 Å². The number of nitrogens with zero attached hydrogens (tertiary/aromatic N) is 1. The molecule has 3 aromatic carbocycles. The van der Waals surface area contributed by atoms with E-state index in [2.05, 4.69) is 63.2 Å². The van der Waals surface area contributed by atoms with E-state index in [1.165, 1.54) is 11.1 Å². The third-order valence-corrected chi connectivity index (χ3v) is 6.08. The van der Waals surface area contributed by atoms with Crippen LogP contribution in [-0.4, -0.2) is 18.6 Å². The molecular weight excluding hydrogens is 358 g/mol. The van der Waals surface area contributed by atoms with Gasteiger partial charge in [0, 0.05) is 22.2 Å². The Kier molecular flexibility index (Phi) is 4.70. The largest absolute Gasteiger partial charge is 0.497 e. The molecule has 0 saturated carbocycles. The number of ether oxygens (including phenoxy) is 1. The van der Waals surface area contributed by atoms with Crippen molar-refractivity contribution in [2.75, 3.05) is 12.0 Å². The van der Waals surface area contributed by atoms with Gasteiger partial charge in [-0.2, -0.15) is 0 Å². The summed E-state index contributed by atoms with van der Waals surface area (Å²) in [6, 6.07) is 26.3. The smallest absolute Gasteiger partial charge is 0.258 e. The molecule has 1 atom stereocenters. The fourth-order valence-corrected chi connectivity index (χ4v) is 4.81. The first kappa shape index (κ1) is 19.3. The average molecular weight is 386 g/mol. The number of carbonyl (C=O) groups excluding carboxylic acids is 1. The minimum Gasteiger partial charge on any atom is -0.497 e. The van der Waals surface area contributed by atoms with Crippen molar-refractivity contribution in [2.45, 2.75) is 38.1 Å². The van der Waals surface area contributed by atoms with E-state index in [1.54, 1.807) is 7.11 Å². The van der Waals surface area contributed by atoms with Crippen LogP contribution in [0.25, 0.3) is 0 Å². The second-order valence-electron chi connectivity index (χ2n) is 8.57. The Labute approximate surface area is 172 Å². The monoisotopic (exact) mass is 385 g/mol. The summed E-state index contributed by atoms with van der Waals surface area (Å²) in [7, 11) is 1.63. The minimum absolute atomic E-state index is 0.0141. The minimum atomic E-state index is -0.351. The fraction of sp³-hybridized carbons (Fsp3) is 0.269. The Morgan fingerprint density at radius 3 is 2.14 bits per heavy atom. The Bertz CT molecular complexity index is 1020. The van der Waals surface area contributed by atoms with Crippen molar-refractivity contribution < 1.29 is 9.53 Å². The SMILES string of the molecule is COc1ccc(C(=O)N2c3ccccc3[C@@](C)(c3ccccc3)CC2(C)C)cc1. The number of hydrogen-bond donors (Lipinski definition) is 0. The molecule has 0 bridgehead atoms. The van der Waals surface area contributed by atoms with Crippen molar-refractivity contribution in [2.24, 2.45) is 0 Å². The normalized spacial score (nSPS) is 20.1. The summed E-state index contributed by atoms with van der Waals surface area (Å²) in [6.45, 7) is 6.61. The van der Waals surface area contributed by atoms with Gasteiger partial charge in [0.15, 0.2) is 0 Å². The van der Waals surface area contributed by atoms with Gasteiger partial charge in [-0.05, 0) is 61.7 Å². The molecule has 0 saturated heterocycles. The number of hydrogen-bond acceptors (Lipinski definition) is 2. The van der Waals surface area contributed by atoms with Gasteiger partial charge in [0.25, 0.3) is 5.91 Å². The molecule has 0 N–H and O–H groups in total. The Hall–Kier alpha value is -3.07. The lowest BCUT2D eigenvalue weighted by Crippen LogP contribution is -2.55. The van der Waals surface area contributed by atoms with E-state index in [0.29, 0.717) is 5.56 Å². The van der Waals surface area contributed by atoms with Gasteiger partial charge in [-0.3, -0.25) is 4.79 Å². The van der Waals surface area contributed by atoms with Crippen molar-refractivity contribution in [3.05, 3.63) is 95.6 Å². The quantitative estimate of drug-likeness (QED) is 0.568. The number of carbonyl (C=O) groups is 1. The van der Waals surface area contributed by atoms with E-state index < -0.39 is 0 Å². The van der Waals surface area contributed by atoms with Crippen molar-refractivity contribution in [3.8, 4) is 5.75 Å². The van der Waals surface area contributed by atoms with E-state index >= 15 is 0 Å². The molecule has 0 unspecified atom stereocenters. The molecule has 1 aliphatic heterocycles. The number of amides is 1. The lowest BCUT2D eigenvalue weighted by atomic mass is 9.65. The first-order chi connectivity index (χ1) is 13.9. The Morgan fingerprint density at radius 2 is 1.48 bits per heavy atom. The van der Waals surface area contributed by atoms with Crippen LogP contribution in [0.3, 0.4) is 0 Å². The summed E-state index contributed by atoms with van der Waals surface area (Å²) >= 11 is 0. The third-order valence-electron chi connectivity index (χ3n) is 6.08. The number of benzene rings is 3. The molecule has 1 aliphatic rings. The van der Waals surface area contributed by atoms with Crippen LogP contribution in [0.1, 0.15) is 48.7 Å². The zero-order chi connectivity index (χ0) is 20.6. The van der Waals surface area contributed by atoms with Crippen LogP contribution in [-0.2, 0) is 5.41 Å². The second kappa shape index (κ2) is 7.07. The summed E-state index contributed by atoms with van der Waals surface area (Å²) in [5.74, 6) is 0.761. The van der Waals surface area contributed by atoms with E-state index in [-0.39, 0.29) is 16.9 Å². The van der Waals surface area contributed by atoms with Crippen LogP contribution in [0.2, 0.25) is 0 Å². The molecule has 0 fully saturated rings. The zero-order valence-electron chi connectivity index (χ0n) is 17.5. The van der Waals surface area contributed by atoms with E-state index in [0.717, 1.165) is 17.9 Å². The Balaban J connectivity index is 1.84. The van der Waals surface area contributed by atoms with Crippen molar-refractivity contribution in [1.29, 1.82) is 0 Å². The predicted molar refractivity (Wildman–Crippen MR) is 118 cm³/mol. The van der Waals surface area contributed by atoms with Gasteiger partial charge < -0.3 is 9.64 Å². The number of methoxy groups -OCH3 is 1. The van der Waals surface area contributed by atoms with Crippen LogP contribution < -0.4 is 9.64 Å². The van der Waals surface area contributed by atoms with Gasteiger partial charge in [0.1, 0.15) is 5.75 Å². The van der Waals surface area contributed by atoms with Crippen LogP contribution in [0.15, 0.2) is 78.9 Å². The summed E-state index contributed by atoms with van der Waals surface area (Å²) in [5, 5.41) is 0. The zero-order valence-corrected chi connectivity index (χ0v) is 17.5. The van der Waals surface area contributed by atoms with Crippen LogP contribution in [0, 0.1) is 0 Å². The lowest BCUT2D eigenvalue weighted by molar-refractivity contribution is 0.0948. The van der Waals surface area contributed by atoms with Crippen LogP contribution in [0.5, 0.6) is 5.75 Å². The van der Waals surface area contributed by atoms with Gasteiger partial charge >= 0.3 is 0 Å². The molecule has 3 heteroatoms. The Morgan fingerprint density at radius 1 is 0.862 bits per heavy atom. The average Bonchev–Trinajstić information content (AvgIpc) is 2.74.